The van der Waals surface area contributed by atoms with Crippen LogP contribution < -0.4 is 10.2 Å². The van der Waals surface area contributed by atoms with Gasteiger partial charge in [0.2, 0.25) is 5.95 Å². The second-order valence-corrected chi connectivity index (χ2v) is 7.02. The third-order valence-electron chi connectivity index (χ3n) is 5.16. The summed E-state index contributed by atoms with van der Waals surface area (Å²) in [6.07, 6.45) is 7.71. The lowest BCUT2D eigenvalue weighted by Crippen LogP contribution is -2.37. The van der Waals surface area contributed by atoms with Gasteiger partial charge in [0.05, 0.1) is 12.0 Å². The number of rotatable bonds is 4. The van der Waals surface area contributed by atoms with Crippen molar-refractivity contribution in [3.8, 4) is 11.3 Å². The molecule has 4 aromatic rings. The van der Waals surface area contributed by atoms with Gasteiger partial charge in [-0.3, -0.25) is 9.78 Å². The first-order valence-corrected chi connectivity index (χ1v) is 9.53. The average molecular weight is 385 g/mol. The average Bonchev–Trinajstić information content (AvgIpc) is 3.44. The second kappa shape index (κ2) is 7.35. The van der Waals surface area contributed by atoms with Crippen LogP contribution >= 0.6 is 0 Å². The lowest BCUT2D eigenvalue weighted by molar-refractivity contribution is 0.0940. The number of fused-ring (bicyclic) bond motifs is 1. The van der Waals surface area contributed by atoms with Crippen molar-refractivity contribution in [2.24, 2.45) is 0 Å². The van der Waals surface area contributed by atoms with Gasteiger partial charge in [0.15, 0.2) is 0 Å². The van der Waals surface area contributed by atoms with Crippen molar-refractivity contribution in [1.29, 1.82) is 0 Å². The van der Waals surface area contributed by atoms with Gasteiger partial charge in [-0.2, -0.15) is 0 Å². The minimum absolute atomic E-state index is 0.0762. The van der Waals surface area contributed by atoms with Crippen molar-refractivity contribution in [1.82, 2.24) is 20.3 Å². The number of nitrogens with zero attached hydrogens (tertiary/aromatic N) is 4. The molecule has 1 fully saturated rings. The highest BCUT2D eigenvalue weighted by molar-refractivity contribution is 5.96. The van der Waals surface area contributed by atoms with Gasteiger partial charge < -0.3 is 14.6 Å². The summed E-state index contributed by atoms with van der Waals surface area (Å²) in [6, 6.07) is 13.1. The molecule has 4 heterocycles. The molecule has 1 N–H and O–H groups in total. The van der Waals surface area contributed by atoms with Gasteiger partial charge in [-0.15, -0.1) is 0 Å². The summed E-state index contributed by atoms with van der Waals surface area (Å²) < 4.78 is 5.44. The third kappa shape index (κ3) is 3.42. The van der Waals surface area contributed by atoms with Gasteiger partial charge in [-0.1, -0.05) is 12.1 Å². The highest BCUT2D eigenvalue weighted by atomic mass is 16.3. The van der Waals surface area contributed by atoms with E-state index < -0.39 is 0 Å². The summed E-state index contributed by atoms with van der Waals surface area (Å²) in [5, 5.41) is 4.07. The first-order chi connectivity index (χ1) is 14.3. The van der Waals surface area contributed by atoms with E-state index in [0.717, 1.165) is 35.2 Å². The van der Waals surface area contributed by atoms with Gasteiger partial charge in [-0.25, -0.2) is 9.97 Å². The molecule has 7 heteroatoms. The quantitative estimate of drug-likeness (QED) is 0.580. The van der Waals surface area contributed by atoms with E-state index in [2.05, 4.69) is 25.2 Å². The Labute approximate surface area is 167 Å². The molecule has 144 valence electrons. The second-order valence-electron chi connectivity index (χ2n) is 7.02. The lowest BCUT2D eigenvalue weighted by atomic mass is 10.1. The highest BCUT2D eigenvalue weighted by Gasteiger charge is 2.25. The zero-order valence-corrected chi connectivity index (χ0v) is 15.7. The SMILES string of the molecule is O=C(N[C@H]1CCN(c2ncccn2)C1)c1ccc(-c2nccc3occc23)cc1. The van der Waals surface area contributed by atoms with E-state index in [0.29, 0.717) is 18.1 Å². The molecule has 1 aliphatic rings. The molecule has 0 radical (unpaired) electrons. The molecule has 5 rings (SSSR count). The molecule has 0 unspecified atom stereocenters. The Bertz CT molecular complexity index is 1140. The molecule has 29 heavy (non-hydrogen) atoms. The summed E-state index contributed by atoms with van der Waals surface area (Å²) in [7, 11) is 0. The number of nitrogens with one attached hydrogen (secondary N) is 1. The van der Waals surface area contributed by atoms with Gasteiger partial charge in [0, 0.05) is 54.2 Å². The number of carbonyl (C=O) groups is 1. The van der Waals surface area contributed by atoms with Gasteiger partial charge in [0.1, 0.15) is 5.58 Å². The van der Waals surface area contributed by atoms with Crippen LogP contribution in [-0.2, 0) is 0 Å². The zero-order valence-electron chi connectivity index (χ0n) is 15.7. The molecule has 1 aliphatic heterocycles. The number of furan rings is 1. The number of hydrogen-bond donors (Lipinski definition) is 1. The topological polar surface area (TPSA) is 84.2 Å². The number of amides is 1. The van der Waals surface area contributed by atoms with E-state index in [4.69, 9.17) is 4.42 Å². The molecule has 0 spiro atoms. The Morgan fingerprint density at radius 2 is 1.86 bits per heavy atom. The number of hydrogen-bond acceptors (Lipinski definition) is 6. The van der Waals surface area contributed by atoms with Gasteiger partial charge in [0.25, 0.3) is 5.91 Å². The Hall–Kier alpha value is -3.74. The smallest absolute Gasteiger partial charge is 0.251 e. The fraction of sp³-hybridized carbons (Fsp3) is 0.182. The Morgan fingerprint density at radius 3 is 2.69 bits per heavy atom. The maximum Gasteiger partial charge on any atom is 0.251 e. The predicted molar refractivity (Wildman–Crippen MR) is 110 cm³/mol. The molecule has 7 nitrogen and oxygen atoms in total. The normalized spacial score (nSPS) is 16.3. The van der Waals surface area contributed by atoms with Crippen molar-refractivity contribution in [3.63, 3.8) is 0 Å². The summed E-state index contributed by atoms with van der Waals surface area (Å²) in [6.45, 7) is 1.54. The fourth-order valence-electron chi connectivity index (χ4n) is 3.69. The van der Waals surface area contributed by atoms with Crippen molar-refractivity contribution in [2.45, 2.75) is 12.5 Å². The molecule has 0 saturated carbocycles. The Balaban J connectivity index is 1.27. The van der Waals surface area contributed by atoms with Crippen LogP contribution in [0.1, 0.15) is 16.8 Å². The number of carbonyl (C=O) groups excluding carboxylic acids is 1. The minimum Gasteiger partial charge on any atom is -0.464 e. The molecule has 1 aromatic carbocycles. The monoisotopic (exact) mass is 385 g/mol. The van der Waals surface area contributed by atoms with Crippen LogP contribution in [0.2, 0.25) is 0 Å². The summed E-state index contributed by atoms with van der Waals surface area (Å²) in [5.74, 6) is 0.626. The maximum absolute atomic E-state index is 12.7. The van der Waals surface area contributed by atoms with Crippen LogP contribution in [0.3, 0.4) is 0 Å². The van der Waals surface area contributed by atoms with Gasteiger partial charge >= 0.3 is 0 Å². The number of aromatic nitrogens is 3. The van der Waals surface area contributed by atoms with E-state index >= 15 is 0 Å². The zero-order chi connectivity index (χ0) is 19.6. The lowest BCUT2D eigenvalue weighted by Gasteiger charge is -2.16. The van der Waals surface area contributed by atoms with Crippen LogP contribution in [-0.4, -0.2) is 40.0 Å². The van der Waals surface area contributed by atoms with Crippen LogP contribution in [0.25, 0.3) is 22.2 Å². The van der Waals surface area contributed by atoms with E-state index in [-0.39, 0.29) is 11.9 Å². The van der Waals surface area contributed by atoms with Crippen molar-refractivity contribution < 1.29 is 9.21 Å². The molecule has 3 aromatic heterocycles. The number of benzene rings is 1. The van der Waals surface area contributed by atoms with E-state index in [1.807, 2.05) is 36.4 Å². The van der Waals surface area contributed by atoms with E-state index in [1.54, 1.807) is 30.9 Å². The van der Waals surface area contributed by atoms with E-state index in [9.17, 15) is 4.79 Å². The summed E-state index contributed by atoms with van der Waals surface area (Å²) >= 11 is 0. The molecule has 1 amide bonds. The van der Waals surface area contributed by atoms with Crippen LogP contribution in [0.4, 0.5) is 5.95 Å². The molecule has 0 bridgehead atoms. The summed E-state index contributed by atoms with van der Waals surface area (Å²) in [4.78, 5) is 27.8. The summed E-state index contributed by atoms with van der Waals surface area (Å²) in [5.41, 5.74) is 3.21. The van der Waals surface area contributed by atoms with Crippen LogP contribution in [0.15, 0.2) is 71.7 Å². The molecular weight excluding hydrogens is 366 g/mol. The van der Waals surface area contributed by atoms with Crippen molar-refractivity contribution in [2.75, 3.05) is 18.0 Å². The van der Waals surface area contributed by atoms with E-state index in [1.165, 1.54) is 0 Å². The Kier molecular flexibility index (Phi) is 4.40. The number of pyridine rings is 1. The minimum atomic E-state index is -0.0770. The van der Waals surface area contributed by atoms with Crippen LogP contribution in [0, 0.1) is 0 Å². The molecule has 1 atom stereocenters. The molecular formula is C22H19N5O2. The van der Waals surface area contributed by atoms with Crippen LogP contribution in [0.5, 0.6) is 0 Å². The van der Waals surface area contributed by atoms with Gasteiger partial charge in [-0.05, 0) is 36.8 Å². The maximum atomic E-state index is 12.7. The highest BCUT2D eigenvalue weighted by Crippen LogP contribution is 2.27. The molecule has 0 aliphatic carbocycles. The first kappa shape index (κ1) is 17.4. The Morgan fingerprint density at radius 1 is 1.03 bits per heavy atom. The largest absolute Gasteiger partial charge is 0.464 e. The first-order valence-electron chi connectivity index (χ1n) is 9.53. The standard InChI is InChI=1S/C22H19N5O2/c28-21(26-17-7-12-27(14-17)22-24-9-1-10-25-22)16-4-2-15(3-5-16)20-18-8-13-29-19(18)6-11-23-20/h1-6,8-11,13,17H,7,12,14H2,(H,26,28)/t17-/m0/s1. The van der Waals surface area contributed by atoms with Crippen molar-refractivity contribution >= 4 is 22.8 Å². The third-order valence-corrected chi connectivity index (χ3v) is 5.16. The fourth-order valence-corrected chi connectivity index (χ4v) is 3.69. The predicted octanol–water partition coefficient (Wildman–Crippen LogP) is 3.29. The number of anilines is 1. The molecule has 1 saturated heterocycles. The van der Waals surface area contributed by atoms with Crippen molar-refractivity contribution in [3.05, 3.63) is 72.9 Å².